The molecule has 27 heteroatoms. The molecule has 2 aliphatic heterocycles. The summed E-state index contributed by atoms with van der Waals surface area (Å²) in [6.45, 7) is 2.74. The average Bonchev–Trinajstić information content (AvgIpc) is 1.64. The summed E-state index contributed by atoms with van der Waals surface area (Å²) < 4.78 is 115. The number of hydrogen-bond donors (Lipinski definition) is 3. The number of nitrogens with one attached hydrogen (secondary N) is 2. The standard InChI is InChI=1S/C40H50Cl2FN3O7S.C36H45Cl2FN4O5S/c1-51-24-30(47)12-9-7-5-3-2-4-6-8-10-19-54(49,50)45-40(48)27-17-18-35(34(43)21-27)46-23-28-20-29(46)22-36(28)52-25-31-38(44-53-39(31)26-15-16-26)37-32(41)13-11-14-33(37)42;37-28-10-9-11-29(38)33(28)34-27(35(48-41-34)23-12-13-23)22-47-32-20-26-18-25(32)21-43(26)31-15-14-24(19-30(31)39)36(44)42-49(45,46)17-8-6-4-2-1-3-5-7-16-40/h11,13-14,17-18,21,26,28-29,36H,2-10,12,15-16,19-20,22-25H2,1H3,(H,45,48);9-11,14-15,19,23,25-26,32H,1-8,12-13,16-18,20-22,40H2,(H,42,44)/t28-,29-,36+;25-,26-,32+/m00/s1. The first-order chi connectivity index (χ1) is 49.7. The van der Waals surface area contributed by atoms with Crippen molar-refractivity contribution in [1.29, 1.82) is 0 Å². The molecule has 0 radical (unpaired) electrons. The van der Waals surface area contributed by atoms with E-state index in [0.29, 0.717) is 111 Å². The number of benzene rings is 4. The molecule has 0 unspecified atom stereocenters. The minimum Gasteiger partial charge on any atom is -0.377 e. The van der Waals surface area contributed by atoms with Crippen molar-refractivity contribution in [2.24, 2.45) is 17.6 Å². The van der Waals surface area contributed by atoms with Crippen LogP contribution in [0.15, 0.2) is 81.8 Å². The number of carbonyl (C=O) groups is 3. The Hall–Kier alpha value is -5.73. The lowest BCUT2D eigenvalue weighted by molar-refractivity contribution is -0.122. The molecule has 4 N–H and O–H groups in total. The number of Topliss-reactive ketones (excluding diaryl/α,β-unsaturated/α-hetero) is 1. The Morgan fingerprint density at radius 2 is 0.922 bits per heavy atom. The molecule has 2 saturated heterocycles. The number of anilines is 2. The van der Waals surface area contributed by atoms with E-state index in [1.165, 1.54) is 19.2 Å². The molecule has 4 aliphatic carbocycles. The molecule has 4 bridgehead atoms. The highest BCUT2D eigenvalue weighted by molar-refractivity contribution is 7.90. The van der Waals surface area contributed by atoms with Gasteiger partial charge in [-0.15, -0.1) is 0 Å². The van der Waals surface area contributed by atoms with Crippen molar-refractivity contribution in [3.63, 3.8) is 0 Å². The predicted molar refractivity (Wildman–Crippen MR) is 397 cm³/mol. The number of amides is 2. The number of halogens is 6. The lowest BCUT2D eigenvalue weighted by Crippen LogP contribution is -2.39. The fourth-order valence-corrected chi connectivity index (χ4v) is 18.5. The Labute approximate surface area is 623 Å². The number of aromatic nitrogens is 2. The van der Waals surface area contributed by atoms with E-state index < -0.39 is 43.5 Å². The highest BCUT2D eigenvalue weighted by Crippen LogP contribution is 2.50. The first-order valence-electron chi connectivity index (χ1n) is 36.7. The quantitative estimate of drug-likeness (QED) is 0.0302. The van der Waals surface area contributed by atoms with Gasteiger partial charge in [-0.05, 0) is 144 Å². The largest absolute Gasteiger partial charge is 0.377 e. The molecule has 103 heavy (non-hydrogen) atoms. The molecule has 6 fully saturated rings. The van der Waals surface area contributed by atoms with Gasteiger partial charge in [0.1, 0.15) is 41.1 Å². The summed E-state index contributed by atoms with van der Waals surface area (Å²) in [5.74, 6) is -0.265. The van der Waals surface area contributed by atoms with Crippen molar-refractivity contribution in [1.82, 2.24) is 19.8 Å². The third kappa shape index (κ3) is 20.9. The zero-order valence-electron chi connectivity index (χ0n) is 58.4. The fraction of sp³-hybridized carbons (Fsp3) is 0.566. The number of ether oxygens (including phenoxy) is 3. The summed E-state index contributed by atoms with van der Waals surface area (Å²) >= 11 is 26.1. The molecular weight excluding hydrogens is 1450 g/mol. The lowest BCUT2D eigenvalue weighted by Gasteiger charge is -2.33. The van der Waals surface area contributed by atoms with E-state index in [0.717, 1.165) is 189 Å². The number of hydrogen-bond acceptors (Lipinski definition) is 17. The topological polar surface area (TPSA) is 256 Å². The third-order valence-corrected chi connectivity index (χ3v) is 24.8. The zero-order valence-corrected chi connectivity index (χ0v) is 63.1. The van der Waals surface area contributed by atoms with Gasteiger partial charge in [0, 0.05) is 95.8 Å². The van der Waals surface area contributed by atoms with Gasteiger partial charge in [0.15, 0.2) is 5.78 Å². The number of unbranched alkanes of at least 4 members (excludes halogenated alkanes) is 15. The average molecular weight is 1540 g/mol. The van der Waals surface area contributed by atoms with Gasteiger partial charge in [0.2, 0.25) is 20.0 Å². The van der Waals surface area contributed by atoms with Crippen LogP contribution in [0.3, 0.4) is 0 Å². The number of nitrogens with two attached hydrogens (primary N) is 1. The third-order valence-electron chi connectivity index (χ3n) is 20.8. The number of ketones is 1. The van der Waals surface area contributed by atoms with E-state index in [1.807, 2.05) is 9.80 Å². The molecule has 4 saturated carbocycles. The molecule has 12 rings (SSSR count). The van der Waals surface area contributed by atoms with Crippen LogP contribution in [0.4, 0.5) is 20.2 Å². The molecule has 560 valence electrons. The maximum Gasteiger partial charge on any atom is 0.264 e. The molecule has 2 aromatic heterocycles. The molecule has 4 heterocycles. The monoisotopic (exact) mass is 1540 g/mol. The van der Waals surface area contributed by atoms with Crippen molar-refractivity contribution in [2.45, 2.75) is 216 Å². The Balaban J connectivity index is 0.000000208. The lowest BCUT2D eigenvalue weighted by atomic mass is 10.0. The first kappa shape index (κ1) is 78.3. The molecule has 6 atom stereocenters. The molecule has 4 aromatic carbocycles. The zero-order chi connectivity index (χ0) is 72.8. The van der Waals surface area contributed by atoms with Gasteiger partial charge >= 0.3 is 0 Å². The van der Waals surface area contributed by atoms with Gasteiger partial charge in [-0.1, -0.05) is 152 Å². The van der Waals surface area contributed by atoms with E-state index in [9.17, 15) is 31.2 Å². The number of piperidine rings is 2. The fourth-order valence-electron chi connectivity index (χ4n) is 15.1. The van der Waals surface area contributed by atoms with E-state index in [4.69, 9.17) is 75.4 Å². The predicted octanol–water partition coefficient (Wildman–Crippen LogP) is 17.0. The van der Waals surface area contributed by atoms with E-state index in [1.54, 1.807) is 48.5 Å². The van der Waals surface area contributed by atoms with Crippen LogP contribution in [0.1, 0.15) is 222 Å². The van der Waals surface area contributed by atoms with E-state index in [-0.39, 0.29) is 71.2 Å². The molecular formula is C76H95Cl4F2N7O12S2. The Kier molecular flexibility index (Phi) is 27.9. The Morgan fingerprint density at radius 3 is 1.27 bits per heavy atom. The summed E-state index contributed by atoms with van der Waals surface area (Å²) in [5, 5.41) is 10.7. The van der Waals surface area contributed by atoms with E-state index in [2.05, 4.69) is 19.8 Å². The number of methoxy groups -OCH3 is 1. The van der Waals surface area contributed by atoms with Crippen LogP contribution in [-0.4, -0.2) is 114 Å². The summed E-state index contributed by atoms with van der Waals surface area (Å²) in [6, 6.07) is 19.2. The maximum atomic E-state index is 15.5. The molecule has 6 aromatic rings. The van der Waals surface area contributed by atoms with Crippen LogP contribution in [0.2, 0.25) is 20.1 Å². The first-order valence-corrected chi connectivity index (χ1v) is 41.5. The highest BCUT2D eigenvalue weighted by Gasteiger charge is 2.48. The van der Waals surface area contributed by atoms with Crippen LogP contribution < -0.4 is 25.0 Å². The highest BCUT2D eigenvalue weighted by atomic mass is 35.5. The van der Waals surface area contributed by atoms with Crippen molar-refractivity contribution >= 4 is 95.4 Å². The summed E-state index contributed by atoms with van der Waals surface area (Å²) in [4.78, 5) is 41.1. The van der Waals surface area contributed by atoms with Crippen LogP contribution in [0, 0.1) is 23.5 Å². The molecule has 6 aliphatic rings. The second-order valence-electron chi connectivity index (χ2n) is 28.6. The second-order valence-corrected chi connectivity index (χ2v) is 33.9. The number of nitrogens with zero attached hydrogens (tertiary/aromatic N) is 4. The second kappa shape index (κ2) is 36.7. The normalized spacial score (nSPS) is 19.9. The van der Waals surface area contributed by atoms with Gasteiger partial charge in [0.25, 0.3) is 11.8 Å². The van der Waals surface area contributed by atoms with Crippen molar-refractivity contribution in [2.75, 3.05) is 54.7 Å². The van der Waals surface area contributed by atoms with Crippen molar-refractivity contribution < 1.29 is 63.3 Å². The van der Waals surface area contributed by atoms with Crippen LogP contribution in [0.25, 0.3) is 22.5 Å². The van der Waals surface area contributed by atoms with Crippen LogP contribution >= 0.6 is 46.4 Å². The SMILES string of the molecule is COCC(=O)CCCCCCCCCCCS(=O)(=O)NC(=O)c1ccc(N2C[C@@H]3C[C@H]2C[C@H]3OCc2c(-c3c(Cl)cccc3Cl)noc2C2CC2)c(F)c1.NCCCCCCCCCCS(=O)(=O)NC(=O)c1ccc(N2C[C@@H]3C[C@H]2C[C@H]3OCc2c(-c3c(Cl)cccc3Cl)noc2C2CC2)c(F)c1. The summed E-state index contributed by atoms with van der Waals surface area (Å²) in [5.41, 5.74) is 10.5. The number of carbonyl (C=O) groups excluding carboxylic acids is 3. The smallest absolute Gasteiger partial charge is 0.264 e. The summed E-state index contributed by atoms with van der Waals surface area (Å²) in [7, 11) is -6.15. The number of fused-ring (bicyclic) bond motifs is 4. The van der Waals surface area contributed by atoms with Gasteiger partial charge in [-0.3, -0.25) is 14.4 Å². The van der Waals surface area contributed by atoms with Crippen molar-refractivity contribution in [3.8, 4) is 22.5 Å². The molecule has 2 amide bonds. The number of rotatable bonds is 40. The minimum absolute atomic E-state index is 0.0163. The molecule has 19 nitrogen and oxygen atoms in total. The van der Waals surface area contributed by atoms with Crippen LogP contribution in [0.5, 0.6) is 0 Å². The van der Waals surface area contributed by atoms with Gasteiger partial charge in [-0.25, -0.2) is 35.1 Å². The van der Waals surface area contributed by atoms with Crippen LogP contribution in [-0.2, 0) is 52.3 Å². The maximum absolute atomic E-state index is 15.5. The summed E-state index contributed by atoms with van der Waals surface area (Å²) in [6.07, 6.45) is 23.8. The Bertz CT molecular complexity index is 4100. The van der Waals surface area contributed by atoms with E-state index >= 15 is 8.78 Å². The number of sulfonamides is 2. The van der Waals surface area contributed by atoms with Crippen molar-refractivity contribution in [3.05, 3.63) is 138 Å². The van der Waals surface area contributed by atoms with Gasteiger partial charge in [0.05, 0.1) is 68.4 Å². The minimum atomic E-state index is -3.85. The van der Waals surface area contributed by atoms with Gasteiger partial charge in [-0.2, -0.15) is 0 Å². The molecule has 0 spiro atoms. The van der Waals surface area contributed by atoms with Gasteiger partial charge < -0.3 is 38.8 Å². The Morgan fingerprint density at radius 1 is 0.544 bits per heavy atom.